The first-order chi connectivity index (χ1) is 17.4. The monoisotopic (exact) mass is 544 g/mol. The fourth-order valence-electron chi connectivity index (χ4n) is 3.53. The SMILES string of the molecule is O=C(Nc1cc(C(F)(F)F)cc(C(F)(F)F)c1)c1cc(-c2ccsc2)ccc1OC(=O)N1CCOCC1. The molecule has 2 aromatic carbocycles. The lowest BCUT2D eigenvalue weighted by Gasteiger charge is -2.26. The third-order valence-electron chi connectivity index (χ3n) is 5.39. The number of benzene rings is 2. The molecule has 2 heterocycles. The second kappa shape index (κ2) is 10.4. The molecule has 1 aromatic heterocycles. The number of alkyl halides is 6. The Morgan fingerprint density at radius 2 is 1.54 bits per heavy atom. The van der Waals surface area contributed by atoms with Crippen LogP contribution in [-0.2, 0) is 17.1 Å². The van der Waals surface area contributed by atoms with E-state index in [1.54, 1.807) is 22.9 Å². The van der Waals surface area contributed by atoms with Gasteiger partial charge in [-0.05, 0) is 58.3 Å². The molecule has 3 aromatic rings. The molecule has 4 rings (SSSR count). The van der Waals surface area contributed by atoms with E-state index in [0.717, 1.165) is 0 Å². The van der Waals surface area contributed by atoms with Crippen molar-refractivity contribution in [2.45, 2.75) is 12.4 Å². The summed E-state index contributed by atoms with van der Waals surface area (Å²) in [5, 5.41) is 5.64. The zero-order chi connectivity index (χ0) is 26.8. The predicted octanol–water partition coefficient (Wildman–Crippen LogP) is 6.54. The number of halogens is 6. The molecule has 13 heteroatoms. The molecule has 1 fully saturated rings. The fourth-order valence-corrected chi connectivity index (χ4v) is 4.20. The zero-order valence-electron chi connectivity index (χ0n) is 18.8. The van der Waals surface area contributed by atoms with Gasteiger partial charge in [-0.1, -0.05) is 6.07 Å². The number of amides is 2. The number of rotatable bonds is 4. The van der Waals surface area contributed by atoms with Crippen molar-refractivity contribution in [3.05, 3.63) is 69.9 Å². The molecule has 1 saturated heterocycles. The summed E-state index contributed by atoms with van der Waals surface area (Å²) in [5.74, 6) is -1.27. The summed E-state index contributed by atoms with van der Waals surface area (Å²) in [6.45, 7) is 1.07. The molecular weight excluding hydrogens is 526 g/mol. The number of hydrogen-bond acceptors (Lipinski definition) is 5. The lowest BCUT2D eigenvalue weighted by Crippen LogP contribution is -2.42. The highest BCUT2D eigenvalue weighted by Gasteiger charge is 2.37. The molecule has 1 N–H and O–H groups in total. The Morgan fingerprint density at radius 1 is 0.892 bits per heavy atom. The maximum absolute atomic E-state index is 13.2. The number of thiophene rings is 1. The van der Waals surface area contributed by atoms with Crippen LogP contribution in [0, 0.1) is 0 Å². The normalized spacial score (nSPS) is 14.4. The van der Waals surface area contributed by atoms with Gasteiger partial charge in [-0.2, -0.15) is 37.7 Å². The van der Waals surface area contributed by atoms with E-state index in [0.29, 0.717) is 23.3 Å². The van der Waals surface area contributed by atoms with Gasteiger partial charge in [-0.3, -0.25) is 4.79 Å². The van der Waals surface area contributed by atoms with Gasteiger partial charge < -0.3 is 19.7 Å². The van der Waals surface area contributed by atoms with Crippen molar-refractivity contribution >= 4 is 29.0 Å². The van der Waals surface area contributed by atoms with E-state index in [2.05, 4.69) is 5.32 Å². The molecule has 0 aliphatic carbocycles. The van der Waals surface area contributed by atoms with Gasteiger partial charge in [0, 0.05) is 18.8 Å². The van der Waals surface area contributed by atoms with E-state index in [9.17, 15) is 35.9 Å². The van der Waals surface area contributed by atoms with E-state index in [-0.39, 0.29) is 43.7 Å². The van der Waals surface area contributed by atoms with Crippen LogP contribution in [-0.4, -0.2) is 43.2 Å². The van der Waals surface area contributed by atoms with Crippen LogP contribution in [0.1, 0.15) is 21.5 Å². The first kappa shape index (κ1) is 26.5. The Balaban J connectivity index is 1.69. The summed E-state index contributed by atoms with van der Waals surface area (Å²) in [7, 11) is 0. The van der Waals surface area contributed by atoms with Gasteiger partial charge in [0.15, 0.2) is 0 Å². The fraction of sp³-hybridized carbons (Fsp3) is 0.250. The minimum atomic E-state index is -5.08. The Kier molecular flexibility index (Phi) is 7.46. The average molecular weight is 544 g/mol. The number of hydrogen-bond donors (Lipinski definition) is 1. The number of anilines is 1. The highest BCUT2D eigenvalue weighted by molar-refractivity contribution is 7.08. The van der Waals surface area contributed by atoms with Crippen molar-refractivity contribution in [1.82, 2.24) is 4.90 Å². The predicted molar refractivity (Wildman–Crippen MR) is 123 cm³/mol. The standard InChI is InChI=1S/C24H18F6N2O4S/c25-23(26,27)16-10-17(24(28,29)30)12-18(11-16)31-21(33)19-9-14(15-3-8-37-13-15)1-2-20(19)36-22(34)32-4-6-35-7-5-32/h1-3,8-13H,4-7H2,(H,31,33). The molecule has 0 atom stereocenters. The van der Waals surface area contributed by atoms with Gasteiger partial charge >= 0.3 is 18.4 Å². The summed E-state index contributed by atoms with van der Waals surface area (Å²) in [6, 6.07) is 6.77. The van der Waals surface area contributed by atoms with E-state index >= 15 is 0 Å². The summed E-state index contributed by atoms with van der Waals surface area (Å²) in [5.41, 5.74) is -2.90. The molecule has 6 nitrogen and oxygen atoms in total. The quantitative estimate of drug-likeness (QED) is 0.379. The van der Waals surface area contributed by atoms with Crippen LogP contribution in [0.3, 0.4) is 0 Å². The minimum absolute atomic E-state index is 0.0393. The molecule has 37 heavy (non-hydrogen) atoms. The van der Waals surface area contributed by atoms with Crippen molar-refractivity contribution in [2.24, 2.45) is 0 Å². The van der Waals surface area contributed by atoms with Crippen molar-refractivity contribution in [1.29, 1.82) is 0 Å². The van der Waals surface area contributed by atoms with Crippen LogP contribution in [0.15, 0.2) is 53.2 Å². The molecule has 0 spiro atoms. The summed E-state index contributed by atoms with van der Waals surface area (Å²) >= 11 is 1.38. The number of nitrogens with one attached hydrogen (secondary N) is 1. The van der Waals surface area contributed by atoms with Crippen LogP contribution in [0.4, 0.5) is 36.8 Å². The molecule has 196 valence electrons. The van der Waals surface area contributed by atoms with E-state index in [1.807, 2.05) is 0 Å². The van der Waals surface area contributed by atoms with Gasteiger partial charge in [-0.15, -0.1) is 0 Å². The maximum atomic E-state index is 13.2. The highest BCUT2D eigenvalue weighted by Crippen LogP contribution is 2.38. The Hall–Kier alpha value is -3.58. The first-order valence-corrected chi connectivity index (χ1v) is 11.7. The second-order valence-corrected chi connectivity index (χ2v) is 8.72. The topological polar surface area (TPSA) is 67.9 Å². The molecule has 0 unspecified atom stereocenters. The first-order valence-electron chi connectivity index (χ1n) is 10.7. The molecular formula is C24H18F6N2O4S. The van der Waals surface area contributed by atoms with Gasteiger partial charge in [0.25, 0.3) is 5.91 Å². The minimum Gasteiger partial charge on any atom is -0.409 e. The number of morpholine rings is 1. The van der Waals surface area contributed by atoms with Crippen LogP contribution in [0.5, 0.6) is 5.75 Å². The van der Waals surface area contributed by atoms with Gasteiger partial charge in [0.2, 0.25) is 0 Å². The van der Waals surface area contributed by atoms with Crippen molar-refractivity contribution in [2.75, 3.05) is 31.6 Å². The number of carbonyl (C=O) groups excluding carboxylic acids is 2. The number of ether oxygens (including phenoxy) is 2. The van der Waals surface area contributed by atoms with Gasteiger partial charge in [0.1, 0.15) is 5.75 Å². The largest absolute Gasteiger partial charge is 0.416 e. The molecule has 0 radical (unpaired) electrons. The van der Waals surface area contributed by atoms with Gasteiger partial charge in [-0.25, -0.2) is 4.79 Å². The number of nitrogens with zero attached hydrogens (tertiary/aromatic N) is 1. The van der Waals surface area contributed by atoms with Crippen LogP contribution >= 0.6 is 11.3 Å². The van der Waals surface area contributed by atoms with Crippen LogP contribution in [0.25, 0.3) is 11.1 Å². The second-order valence-electron chi connectivity index (χ2n) is 7.94. The molecule has 2 amide bonds. The summed E-state index contributed by atoms with van der Waals surface area (Å²) in [4.78, 5) is 27.1. The lowest BCUT2D eigenvalue weighted by molar-refractivity contribution is -0.143. The molecule has 1 aliphatic rings. The summed E-state index contributed by atoms with van der Waals surface area (Å²) in [6.07, 6.45) is -10.9. The van der Waals surface area contributed by atoms with Gasteiger partial charge in [0.05, 0.1) is 29.9 Å². The van der Waals surface area contributed by atoms with Crippen molar-refractivity contribution in [3.63, 3.8) is 0 Å². The lowest BCUT2D eigenvalue weighted by atomic mass is 10.0. The zero-order valence-corrected chi connectivity index (χ0v) is 19.6. The maximum Gasteiger partial charge on any atom is 0.416 e. The molecule has 1 aliphatic heterocycles. The Bertz CT molecular complexity index is 1250. The van der Waals surface area contributed by atoms with Crippen molar-refractivity contribution in [3.8, 4) is 16.9 Å². The Morgan fingerprint density at radius 3 is 2.11 bits per heavy atom. The smallest absolute Gasteiger partial charge is 0.409 e. The van der Waals surface area contributed by atoms with Crippen LogP contribution < -0.4 is 10.1 Å². The van der Waals surface area contributed by atoms with E-state index < -0.39 is 41.2 Å². The molecule has 0 saturated carbocycles. The van der Waals surface area contributed by atoms with Crippen LogP contribution in [0.2, 0.25) is 0 Å². The average Bonchev–Trinajstić information content (AvgIpc) is 3.38. The number of carbonyl (C=O) groups is 2. The molecule has 0 bridgehead atoms. The highest BCUT2D eigenvalue weighted by atomic mass is 32.1. The van der Waals surface area contributed by atoms with E-state index in [1.165, 1.54) is 28.4 Å². The Labute approximate surface area is 210 Å². The third-order valence-corrected chi connectivity index (χ3v) is 6.07. The van der Waals surface area contributed by atoms with E-state index in [4.69, 9.17) is 9.47 Å². The van der Waals surface area contributed by atoms with Crippen molar-refractivity contribution < 1.29 is 45.4 Å². The third kappa shape index (κ3) is 6.41. The summed E-state index contributed by atoms with van der Waals surface area (Å²) < 4.78 is 90.0.